The van der Waals surface area contributed by atoms with Crippen molar-refractivity contribution in [1.29, 1.82) is 0 Å². The lowest BCUT2D eigenvalue weighted by Gasteiger charge is -2.38. The Balaban J connectivity index is 1.29. The van der Waals surface area contributed by atoms with Gasteiger partial charge in [-0.05, 0) is 74.2 Å². The quantitative estimate of drug-likeness (QED) is 0.671. The lowest BCUT2D eigenvalue weighted by molar-refractivity contribution is 0.103. The fourth-order valence-electron chi connectivity index (χ4n) is 4.39. The summed E-state index contributed by atoms with van der Waals surface area (Å²) in [6.45, 7) is 4.26. The number of fused-ring (bicyclic) bond motifs is 1. The Morgan fingerprint density at radius 1 is 1.14 bits per heavy atom. The molecule has 0 aliphatic carbocycles. The maximum atomic E-state index is 6.27. The summed E-state index contributed by atoms with van der Waals surface area (Å²) in [5, 5.41) is 0. The van der Waals surface area contributed by atoms with Crippen LogP contribution in [0, 0.1) is 5.92 Å². The molecule has 0 amide bonds. The molecule has 5 heteroatoms. The first-order valence-corrected chi connectivity index (χ1v) is 10.9. The molecule has 0 bridgehead atoms. The van der Waals surface area contributed by atoms with Crippen molar-refractivity contribution in [3.63, 3.8) is 0 Å². The third-order valence-electron chi connectivity index (χ3n) is 5.98. The number of halogens is 1. The molecule has 1 atom stereocenters. The number of ether oxygens (including phenoxy) is 2. The Kier molecular flexibility index (Phi) is 6.12. The fraction of sp³-hybridized carbons (Fsp3) is 0.478. The Hall–Kier alpha value is -1.72. The van der Waals surface area contributed by atoms with Crippen LogP contribution in [0.5, 0.6) is 11.5 Å². The van der Waals surface area contributed by atoms with Crippen LogP contribution in [0.15, 0.2) is 46.9 Å². The second kappa shape index (κ2) is 8.75. The summed E-state index contributed by atoms with van der Waals surface area (Å²) >= 11 is 3.70. The number of piperidine rings is 1. The zero-order chi connectivity index (χ0) is 19.5. The van der Waals surface area contributed by atoms with Crippen LogP contribution >= 0.6 is 15.9 Å². The van der Waals surface area contributed by atoms with Crippen molar-refractivity contribution in [3.05, 3.63) is 52.5 Å². The van der Waals surface area contributed by atoms with E-state index in [0.29, 0.717) is 0 Å². The summed E-state index contributed by atoms with van der Waals surface area (Å²) in [4.78, 5) is 4.89. The average molecular weight is 445 g/mol. The summed E-state index contributed by atoms with van der Waals surface area (Å²) in [6.07, 6.45) is 3.83. The van der Waals surface area contributed by atoms with E-state index in [1.807, 2.05) is 6.07 Å². The van der Waals surface area contributed by atoms with Gasteiger partial charge in [0.15, 0.2) is 0 Å². The van der Waals surface area contributed by atoms with Crippen LogP contribution in [0.1, 0.15) is 18.4 Å². The molecule has 0 radical (unpaired) electrons. The number of likely N-dealkylation sites (N-methyl/N-ethyl adjacent to an activating group) is 1. The van der Waals surface area contributed by atoms with Crippen LogP contribution < -0.4 is 14.4 Å². The molecular formula is C23H29BrN2O2. The molecule has 150 valence electrons. The lowest BCUT2D eigenvalue weighted by atomic mass is 9.90. The normalized spacial score (nSPS) is 20.5. The smallest absolute Gasteiger partial charge is 0.143 e. The molecule has 0 saturated carbocycles. The monoisotopic (exact) mass is 444 g/mol. The molecular weight excluding hydrogens is 416 g/mol. The maximum Gasteiger partial charge on any atom is 0.143 e. The second-order valence-corrected chi connectivity index (χ2v) is 8.85. The number of rotatable bonds is 5. The number of methoxy groups -OCH3 is 1. The predicted octanol–water partition coefficient (Wildman–Crippen LogP) is 4.61. The van der Waals surface area contributed by atoms with Gasteiger partial charge in [0.1, 0.15) is 17.6 Å². The first-order valence-electron chi connectivity index (χ1n) is 10.1. The minimum atomic E-state index is 0.240. The van der Waals surface area contributed by atoms with E-state index in [0.717, 1.165) is 50.0 Å². The highest BCUT2D eigenvalue weighted by atomic mass is 79.9. The van der Waals surface area contributed by atoms with Crippen LogP contribution in [0.25, 0.3) is 0 Å². The van der Waals surface area contributed by atoms with Crippen molar-refractivity contribution < 1.29 is 9.47 Å². The van der Waals surface area contributed by atoms with Crippen LogP contribution in [0.4, 0.5) is 5.69 Å². The summed E-state index contributed by atoms with van der Waals surface area (Å²) in [5.41, 5.74) is 2.55. The van der Waals surface area contributed by atoms with Crippen molar-refractivity contribution in [2.24, 2.45) is 5.92 Å². The molecule has 2 aromatic carbocycles. The zero-order valence-corrected chi connectivity index (χ0v) is 18.3. The second-order valence-electron chi connectivity index (χ2n) is 7.99. The molecule has 1 fully saturated rings. The van der Waals surface area contributed by atoms with E-state index in [-0.39, 0.29) is 6.10 Å². The zero-order valence-electron chi connectivity index (χ0n) is 16.7. The third-order valence-corrected chi connectivity index (χ3v) is 6.75. The first-order chi connectivity index (χ1) is 13.6. The average Bonchev–Trinajstić information content (AvgIpc) is 2.71. The van der Waals surface area contributed by atoms with E-state index in [1.165, 1.54) is 28.6 Å². The highest BCUT2D eigenvalue weighted by molar-refractivity contribution is 9.10. The molecule has 28 heavy (non-hydrogen) atoms. The fourth-order valence-corrected chi connectivity index (χ4v) is 4.80. The molecule has 1 unspecified atom stereocenters. The Morgan fingerprint density at radius 3 is 2.71 bits per heavy atom. The minimum Gasteiger partial charge on any atom is -0.497 e. The predicted molar refractivity (Wildman–Crippen MR) is 118 cm³/mol. The van der Waals surface area contributed by atoms with Crippen molar-refractivity contribution in [2.75, 3.05) is 45.2 Å². The molecule has 2 aliphatic heterocycles. The molecule has 2 heterocycles. The van der Waals surface area contributed by atoms with Gasteiger partial charge in [-0.1, -0.05) is 28.1 Å². The minimum absolute atomic E-state index is 0.240. The van der Waals surface area contributed by atoms with E-state index >= 15 is 0 Å². The Labute approximate surface area is 176 Å². The number of benzene rings is 2. The third kappa shape index (κ3) is 4.47. The molecule has 0 aromatic heterocycles. The van der Waals surface area contributed by atoms with Crippen LogP contribution in [0.2, 0.25) is 0 Å². The first kappa shape index (κ1) is 19.6. The summed E-state index contributed by atoms with van der Waals surface area (Å²) < 4.78 is 12.8. The standard InChI is InChI=1S/C23H29BrN2O2/c1-25-15-20(28-23-6-4-3-5-22(23)25)16-26-11-9-17(10-12-26)13-18-14-19(27-2)7-8-21(18)24/h3-8,14,17,20H,9-13,15-16H2,1-2H3. The SMILES string of the molecule is COc1ccc(Br)c(CC2CCN(CC3CN(C)c4ccccc4O3)CC2)c1. The summed E-state index contributed by atoms with van der Waals surface area (Å²) in [6, 6.07) is 14.6. The number of hydrogen-bond acceptors (Lipinski definition) is 4. The van der Waals surface area contributed by atoms with Crippen molar-refractivity contribution in [1.82, 2.24) is 4.90 Å². The van der Waals surface area contributed by atoms with Gasteiger partial charge < -0.3 is 14.4 Å². The van der Waals surface area contributed by atoms with Crippen molar-refractivity contribution in [3.8, 4) is 11.5 Å². The topological polar surface area (TPSA) is 24.9 Å². The summed E-state index contributed by atoms with van der Waals surface area (Å²) in [5.74, 6) is 2.68. The van der Waals surface area contributed by atoms with E-state index in [9.17, 15) is 0 Å². The number of hydrogen-bond donors (Lipinski definition) is 0. The van der Waals surface area contributed by atoms with Gasteiger partial charge in [-0.2, -0.15) is 0 Å². The molecule has 4 rings (SSSR count). The van der Waals surface area contributed by atoms with E-state index in [1.54, 1.807) is 7.11 Å². The van der Waals surface area contributed by atoms with Gasteiger partial charge in [0.2, 0.25) is 0 Å². The van der Waals surface area contributed by atoms with Gasteiger partial charge in [0, 0.05) is 18.1 Å². The van der Waals surface area contributed by atoms with E-state index < -0.39 is 0 Å². The van der Waals surface area contributed by atoms with Gasteiger partial charge in [-0.3, -0.25) is 4.90 Å². The summed E-state index contributed by atoms with van der Waals surface area (Å²) in [7, 11) is 3.89. The van der Waals surface area contributed by atoms with Gasteiger partial charge >= 0.3 is 0 Å². The van der Waals surface area contributed by atoms with Crippen molar-refractivity contribution >= 4 is 21.6 Å². The maximum absolute atomic E-state index is 6.27. The highest BCUT2D eigenvalue weighted by Crippen LogP contribution is 2.33. The van der Waals surface area contributed by atoms with Crippen molar-refractivity contribution in [2.45, 2.75) is 25.4 Å². The number of anilines is 1. The number of nitrogens with zero attached hydrogens (tertiary/aromatic N) is 2. The molecule has 1 saturated heterocycles. The largest absolute Gasteiger partial charge is 0.497 e. The van der Waals surface area contributed by atoms with Gasteiger partial charge in [-0.25, -0.2) is 0 Å². The van der Waals surface area contributed by atoms with Gasteiger partial charge in [0.05, 0.1) is 19.3 Å². The lowest BCUT2D eigenvalue weighted by Crippen LogP contribution is -2.47. The molecule has 4 nitrogen and oxygen atoms in total. The Bertz CT molecular complexity index is 805. The molecule has 2 aliphatic rings. The van der Waals surface area contributed by atoms with Crippen LogP contribution in [-0.4, -0.2) is 51.3 Å². The van der Waals surface area contributed by atoms with Gasteiger partial charge in [0.25, 0.3) is 0 Å². The molecule has 0 N–H and O–H groups in total. The number of para-hydroxylation sites is 2. The highest BCUT2D eigenvalue weighted by Gasteiger charge is 2.27. The molecule has 2 aromatic rings. The van der Waals surface area contributed by atoms with E-state index in [2.05, 4.69) is 69.2 Å². The Morgan fingerprint density at radius 2 is 1.93 bits per heavy atom. The van der Waals surface area contributed by atoms with Crippen LogP contribution in [0.3, 0.4) is 0 Å². The molecule has 0 spiro atoms. The van der Waals surface area contributed by atoms with Crippen LogP contribution in [-0.2, 0) is 6.42 Å². The number of likely N-dealkylation sites (tertiary alicyclic amines) is 1. The van der Waals surface area contributed by atoms with E-state index in [4.69, 9.17) is 9.47 Å². The van der Waals surface area contributed by atoms with Gasteiger partial charge in [-0.15, -0.1) is 0 Å².